The Hall–Kier alpha value is -3.16. The quantitative estimate of drug-likeness (QED) is 0.317. The Kier molecular flexibility index (Phi) is 6.41. The SMILES string of the molecule is C=C/C(=C\C=C/C)c1c(-c2ccccc2)csc1C1=C2C=CCC=CC2C2CCC=CC2=C1. The topological polar surface area (TPSA) is 0 Å². The van der Waals surface area contributed by atoms with Crippen molar-refractivity contribution in [2.45, 2.75) is 26.2 Å². The number of hydrogen-bond donors (Lipinski definition) is 0. The van der Waals surface area contributed by atoms with Gasteiger partial charge in [-0.1, -0.05) is 97.7 Å². The molecule has 1 heterocycles. The first-order valence-corrected chi connectivity index (χ1v) is 12.8. The van der Waals surface area contributed by atoms with Gasteiger partial charge in [-0.25, -0.2) is 0 Å². The van der Waals surface area contributed by atoms with Crippen LogP contribution >= 0.6 is 11.3 Å². The van der Waals surface area contributed by atoms with E-state index in [1.54, 1.807) is 0 Å². The Morgan fingerprint density at radius 3 is 2.79 bits per heavy atom. The summed E-state index contributed by atoms with van der Waals surface area (Å²) in [4.78, 5) is 1.34. The van der Waals surface area contributed by atoms with Crippen molar-refractivity contribution in [2.24, 2.45) is 11.8 Å². The zero-order valence-corrected chi connectivity index (χ0v) is 20.0. The van der Waals surface area contributed by atoms with Crippen molar-refractivity contribution in [3.63, 3.8) is 0 Å². The van der Waals surface area contributed by atoms with Crippen molar-refractivity contribution >= 4 is 22.5 Å². The standard InChI is InChI=1S/C32H30S/c1-3-5-14-23(4-2)31-30(24-15-8-6-9-16-24)22-33-32(31)29-21-25-17-12-13-18-26(25)27-19-10-7-11-20-28(27)29/h3-6,8-12,14-17,19-22,26-27H,2,7,13,18H2,1H3/b5-3-,23-14+. The van der Waals surface area contributed by atoms with Crippen LogP contribution in [-0.2, 0) is 0 Å². The third-order valence-corrected chi connectivity index (χ3v) is 7.82. The van der Waals surface area contributed by atoms with Gasteiger partial charge in [-0.15, -0.1) is 11.3 Å². The van der Waals surface area contributed by atoms with Gasteiger partial charge >= 0.3 is 0 Å². The molecule has 1 aromatic heterocycles. The van der Waals surface area contributed by atoms with Crippen LogP contribution in [0.4, 0.5) is 0 Å². The monoisotopic (exact) mass is 446 g/mol. The summed E-state index contributed by atoms with van der Waals surface area (Å²) in [5.74, 6) is 1.03. The van der Waals surface area contributed by atoms with Gasteiger partial charge in [-0.2, -0.15) is 0 Å². The van der Waals surface area contributed by atoms with Gasteiger partial charge in [0.05, 0.1) is 0 Å². The van der Waals surface area contributed by atoms with Crippen LogP contribution in [0.2, 0.25) is 0 Å². The molecule has 1 aromatic carbocycles. The number of fused-ring (bicyclic) bond motifs is 3. The fourth-order valence-electron chi connectivity index (χ4n) is 5.23. The van der Waals surface area contributed by atoms with Gasteiger partial charge in [0.15, 0.2) is 0 Å². The average Bonchev–Trinajstić information content (AvgIpc) is 3.14. The highest BCUT2D eigenvalue weighted by Gasteiger charge is 2.33. The molecule has 0 amide bonds. The van der Waals surface area contributed by atoms with E-state index in [0.29, 0.717) is 11.8 Å². The van der Waals surface area contributed by atoms with E-state index in [4.69, 9.17) is 0 Å². The minimum Gasteiger partial charge on any atom is -0.142 e. The summed E-state index contributed by atoms with van der Waals surface area (Å²) >= 11 is 1.86. The van der Waals surface area contributed by atoms with E-state index in [-0.39, 0.29) is 0 Å². The van der Waals surface area contributed by atoms with Crippen LogP contribution < -0.4 is 0 Å². The van der Waals surface area contributed by atoms with Crippen molar-refractivity contribution in [1.82, 2.24) is 0 Å². The zero-order valence-electron chi connectivity index (χ0n) is 19.2. The van der Waals surface area contributed by atoms with E-state index in [1.807, 2.05) is 17.4 Å². The highest BCUT2D eigenvalue weighted by Crippen LogP contribution is 2.49. The maximum absolute atomic E-state index is 4.19. The maximum Gasteiger partial charge on any atom is 0.0430 e. The molecular weight excluding hydrogens is 416 g/mol. The molecule has 2 unspecified atom stereocenters. The first-order valence-electron chi connectivity index (χ1n) is 11.9. The van der Waals surface area contributed by atoms with Gasteiger partial charge in [0.1, 0.15) is 0 Å². The highest BCUT2D eigenvalue weighted by atomic mass is 32.1. The van der Waals surface area contributed by atoms with E-state index < -0.39 is 0 Å². The fraction of sp³-hybridized carbons (Fsp3) is 0.188. The third kappa shape index (κ3) is 4.14. The smallest absolute Gasteiger partial charge is 0.0430 e. The summed E-state index contributed by atoms with van der Waals surface area (Å²) in [6.07, 6.45) is 28.5. The van der Waals surface area contributed by atoms with E-state index in [2.05, 4.69) is 110 Å². The van der Waals surface area contributed by atoms with Crippen LogP contribution in [-0.4, -0.2) is 0 Å². The molecule has 2 aromatic rings. The van der Waals surface area contributed by atoms with E-state index in [1.165, 1.54) is 56.7 Å². The molecule has 1 heteroatoms. The van der Waals surface area contributed by atoms with Crippen LogP contribution in [0.3, 0.4) is 0 Å². The Balaban J connectivity index is 1.78. The second-order valence-electron chi connectivity index (χ2n) is 8.76. The fourth-order valence-corrected chi connectivity index (χ4v) is 6.37. The Morgan fingerprint density at radius 2 is 1.97 bits per heavy atom. The van der Waals surface area contributed by atoms with Crippen molar-refractivity contribution < 1.29 is 0 Å². The van der Waals surface area contributed by atoms with Gasteiger partial charge < -0.3 is 0 Å². The summed E-state index contributed by atoms with van der Waals surface area (Å²) in [5.41, 5.74) is 9.30. The predicted octanol–water partition coefficient (Wildman–Crippen LogP) is 9.35. The van der Waals surface area contributed by atoms with Crippen LogP contribution in [0.15, 0.2) is 120 Å². The van der Waals surface area contributed by atoms with Gasteiger partial charge in [0.25, 0.3) is 0 Å². The molecule has 0 radical (unpaired) electrons. The van der Waals surface area contributed by atoms with Crippen LogP contribution in [0.1, 0.15) is 36.6 Å². The molecule has 0 nitrogen and oxygen atoms in total. The molecule has 3 aliphatic carbocycles. The lowest BCUT2D eigenvalue weighted by Crippen LogP contribution is -2.22. The lowest BCUT2D eigenvalue weighted by molar-refractivity contribution is 0.474. The van der Waals surface area contributed by atoms with Gasteiger partial charge in [0.2, 0.25) is 0 Å². The summed E-state index contributed by atoms with van der Waals surface area (Å²) < 4.78 is 0. The average molecular weight is 447 g/mol. The Morgan fingerprint density at radius 1 is 1.09 bits per heavy atom. The number of benzene rings is 1. The Labute approximate surface area is 202 Å². The first-order chi connectivity index (χ1) is 16.3. The molecule has 0 N–H and O–H groups in total. The lowest BCUT2D eigenvalue weighted by atomic mass is 9.70. The highest BCUT2D eigenvalue weighted by molar-refractivity contribution is 7.12. The number of rotatable bonds is 5. The molecule has 3 aliphatic rings. The minimum atomic E-state index is 0.450. The maximum atomic E-state index is 4.19. The molecule has 0 fully saturated rings. The van der Waals surface area contributed by atoms with Crippen molar-refractivity contribution in [3.05, 3.63) is 131 Å². The molecule has 0 saturated carbocycles. The molecule has 0 saturated heterocycles. The molecule has 0 bridgehead atoms. The predicted molar refractivity (Wildman–Crippen MR) is 146 cm³/mol. The summed E-state index contributed by atoms with van der Waals surface area (Å²) in [7, 11) is 0. The largest absolute Gasteiger partial charge is 0.142 e. The van der Waals surface area contributed by atoms with Gasteiger partial charge in [0, 0.05) is 21.9 Å². The third-order valence-electron chi connectivity index (χ3n) is 6.81. The van der Waals surface area contributed by atoms with E-state index in [9.17, 15) is 0 Å². The number of hydrogen-bond acceptors (Lipinski definition) is 1. The zero-order chi connectivity index (χ0) is 22.6. The first kappa shape index (κ1) is 21.7. The summed E-state index contributed by atoms with van der Waals surface area (Å²) in [6, 6.07) is 10.7. The van der Waals surface area contributed by atoms with E-state index >= 15 is 0 Å². The van der Waals surface area contributed by atoms with Crippen molar-refractivity contribution in [2.75, 3.05) is 0 Å². The molecule has 5 rings (SSSR count). The molecule has 0 aliphatic heterocycles. The second kappa shape index (κ2) is 9.77. The van der Waals surface area contributed by atoms with E-state index in [0.717, 1.165) is 6.42 Å². The molecule has 164 valence electrons. The van der Waals surface area contributed by atoms with Crippen LogP contribution in [0.25, 0.3) is 22.3 Å². The van der Waals surface area contributed by atoms with Gasteiger partial charge in [-0.05, 0) is 71.4 Å². The summed E-state index contributed by atoms with van der Waals surface area (Å²) in [5, 5.41) is 2.33. The second-order valence-corrected chi connectivity index (χ2v) is 9.64. The van der Waals surface area contributed by atoms with Gasteiger partial charge in [-0.3, -0.25) is 0 Å². The number of thiophene rings is 1. The molecule has 0 spiro atoms. The van der Waals surface area contributed by atoms with Crippen LogP contribution in [0.5, 0.6) is 0 Å². The van der Waals surface area contributed by atoms with Crippen LogP contribution in [0, 0.1) is 11.8 Å². The normalized spacial score (nSPS) is 22.2. The minimum absolute atomic E-state index is 0.450. The van der Waals surface area contributed by atoms with Crippen molar-refractivity contribution in [3.8, 4) is 11.1 Å². The molecular formula is C32H30S. The van der Waals surface area contributed by atoms with Crippen molar-refractivity contribution in [1.29, 1.82) is 0 Å². The molecule has 33 heavy (non-hydrogen) atoms. The number of allylic oxidation sites excluding steroid dienone is 15. The lowest BCUT2D eigenvalue weighted by Gasteiger charge is -2.34. The molecule has 2 atom stereocenters. The Bertz CT molecular complexity index is 1250. The summed E-state index contributed by atoms with van der Waals surface area (Å²) in [6.45, 7) is 6.25.